The van der Waals surface area contributed by atoms with E-state index in [2.05, 4.69) is 15.6 Å². The van der Waals surface area contributed by atoms with E-state index in [0.29, 0.717) is 11.4 Å². The van der Waals surface area contributed by atoms with Gasteiger partial charge in [-0.2, -0.15) is 0 Å². The number of aromatic nitrogens is 1. The van der Waals surface area contributed by atoms with Crippen LogP contribution in [0.5, 0.6) is 0 Å². The van der Waals surface area contributed by atoms with Gasteiger partial charge in [0.2, 0.25) is 5.91 Å². The van der Waals surface area contributed by atoms with Crippen molar-refractivity contribution in [2.75, 3.05) is 10.6 Å². The fourth-order valence-electron chi connectivity index (χ4n) is 1.50. The Morgan fingerprint density at radius 1 is 1.10 bits per heavy atom. The van der Waals surface area contributed by atoms with E-state index in [1.165, 1.54) is 12.3 Å². The van der Waals surface area contributed by atoms with Crippen molar-refractivity contribution < 1.29 is 19.5 Å². The van der Waals surface area contributed by atoms with Crippen molar-refractivity contribution in [2.24, 2.45) is 0 Å². The number of benzene rings is 1. The number of carbonyl (C=O) groups is 3. The summed E-state index contributed by atoms with van der Waals surface area (Å²) >= 11 is 0.956. The van der Waals surface area contributed by atoms with Crippen LogP contribution in [-0.4, -0.2) is 27.9 Å². The summed E-state index contributed by atoms with van der Waals surface area (Å²) < 4.78 is 0. The highest BCUT2D eigenvalue weighted by Gasteiger charge is 2.14. The molecule has 0 saturated carbocycles. The molecule has 0 aliphatic heterocycles. The number of anilines is 2. The Morgan fingerprint density at radius 2 is 1.67 bits per heavy atom. The molecular weight excluding hydrogens is 294 g/mol. The van der Waals surface area contributed by atoms with Gasteiger partial charge >= 0.3 is 5.97 Å². The minimum Gasteiger partial charge on any atom is -0.476 e. The fraction of sp³-hybridized carbons (Fsp3) is 0.0769. The van der Waals surface area contributed by atoms with E-state index >= 15 is 0 Å². The number of carboxylic acids is 1. The van der Waals surface area contributed by atoms with E-state index in [4.69, 9.17) is 5.11 Å². The van der Waals surface area contributed by atoms with Gasteiger partial charge in [0, 0.05) is 23.7 Å². The van der Waals surface area contributed by atoms with Crippen molar-refractivity contribution >= 4 is 40.5 Å². The van der Waals surface area contributed by atoms with Crippen LogP contribution in [0.3, 0.4) is 0 Å². The van der Waals surface area contributed by atoms with Crippen LogP contribution in [0.15, 0.2) is 29.6 Å². The van der Waals surface area contributed by atoms with Gasteiger partial charge in [0.05, 0.1) is 0 Å². The normalized spacial score (nSPS) is 9.95. The largest absolute Gasteiger partial charge is 0.476 e. The number of nitrogens with one attached hydrogen (secondary N) is 2. The van der Waals surface area contributed by atoms with Crippen LogP contribution in [0.4, 0.5) is 11.4 Å². The molecule has 108 valence electrons. The second-order valence-corrected chi connectivity index (χ2v) is 4.91. The first-order chi connectivity index (χ1) is 9.95. The zero-order valence-electron chi connectivity index (χ0n) is 10.9. The van der Waals surface area contributed by atoms with Crippen LogP contribution in [0.2, 0.25) is 0 Å². The first kappa shape index (κ1) is 14.7. The Balaban J connectivity index is 2.04. The molecule has 0 spiro atoms. The standard InChI is InChI=1S/C13H11N3O4S/c1-7(17)14-8-2-4-9(5-3-8)15-11(18)12-16-10(6-21-12)13(19)20/h2-6H,1H3,(H,14,17)(H,15,18)(H,19,20). The molecule has 2 aromatic rings. The molecule has 1 aromatic carbocycles. The van der Waals surface area contributed by atoms with E-state index < -0.39 is 11.9 Å². The fourth-order valence-corrected chi connectivity index (χ4v) is 2.19. The summed E-state index contributed by atoms with van der Waals surface area (Å²) in [5.41, 5.74) is 0.968. The summed E-state index contributed by atoms with van der Waals surface area (Å²) in [4.78, 5) is 37.2. The van der Waals surface area contributed by atoms with Crippen LogP contribution >= 0.6 is 11.3 Å². The van der Waals surface area contributed by atoms with Gasteiger partial charge in [-0.05, 0) is 24.3 Å². The predicted molar refractivity (Wildman–Crippen MR) is 77.8 cm³/mol. The molecule has 3 N–H and O–H groups in total. The number of carbonyl (C=O) groups excluding carboxylic acids is 2. The molecule has 0 aliphatic carbocycles. The number of hydrogen-bond acceptors (Lipinski definition) is 5. The molecule has 1 heterocycles. The quantitative estimate of drug-likeness (QED) is 0.801. The number of hydrogen-bond donors (Lipinski definition) is 3. The van der Waals surface area contributed by atoms with E-state index in [1.807, 2.05) is 0 Å². The topological polar surface area (TPSA) is 108 Å². The molecule has 0 saturated heterocycles. The molecule has 8 heteroatoms. The maximum absolute atomic E-state index is 11.9. The number of rotatable bonds is 4. The van der Waals surface area contributed by atoms with Crippen molar-refractivity contribution in [2.45, 2.75) is 6.92 Å². The Bertz CT molecular complexity index is 694. The van der Waals surface area contributed by atoms with E-state index in [9.17, 15) is 14.4 Å². The minimum atomic E-state index is -1.18. The lowest BCUT2D eigenvalue weighted by atomic mass is 10.2. The number of amides is 2. The van der Waals surface area contributed by atoms with Crippen LogP contribution in [0.25, 0.3) is 0 Å². The van der Waals surface area contributed by atoms with Crippen molar-refractivity contribution in [3.63, 3.8) is 0 Å². The first-order valence-corrected chi connectivity index (χ1v) is 6.71. The van der Waals surface area contributed by atoms with E-state index in [1.54, 1.807) is 24.3 Å². The van der Waals surface area contributed by atoms with Gasteiger partial charge in [-0.3, -0.25) is 9.59 Å². The third-order valence-corrected chi connectivity index (χ3v) is 3.22. The van der Waals surface area contributed by atoms with Gasteiger partial charge in [-0.15, -0.1) is 11.3 Å². The molecule has 7 nitrogen and oxygen atoms in total. The number of nitrogens with zero attached hydrogens (tertiary/aromatic N) is 1. The van der Waals surface area contributed by atoms with Crippen molar-refractivity contribution in [1.82, 2.24) is 4.98 Å². The molecule has 2 rings (SSSR count). The first-order valence-electron chi connectivity index (χ1n) is 5.83. The van der Waals surface area contributed by atoms with Gasteiger partial charge in [0.15, 0.2) is 10.7 Å². The highest BCUT2D eigenvalue weighted by Crippen LogP contribution is 2.16. The second-order valence-electron chi connectivity index (χ2n) is 4.06. The lowest BCUT2D eigenvalue weighted by molar-refractivity contribution is -0.114. The zero-order chi connectivity index (χ0) is 15.4. The van der Waals surface area contributed by atoms with Crippen LogP contribution in [0, 0.1) is 0 Å². The summed E-state index contributed by atoms with van der Waals surface area (Å²) in [7, 11) is 0. The van der Waals surface area contributed by atoms with Gasteiger partial charge in [-0.25, -0.2) is 9.78 Å². The van der Waals surface area contributed by atoms with Gasteiger partial charge in [0.25, 0.3) is 5.91 Å². The summed E-state index contributed by atoms with van der Waals surface area (Å²) in [6, 6.07) is 6.52. The maximum Gasteiger partial charge on any atom is 0.355 e. The molecule has 0 atom stereocenters. The molecule has 0 fully saturated rings. The van der Waals surface area contributed by atoms with Crippen molar-refractivity contribution in [1.29, 1.82) is 0 Å². The average Bonchev–Trinajstić information content (AvgIpc) is 2.90. The maximum atomic E-state index is 11.9. The van der Waals surface area contributed by atoms with Crippen LogP contribution < -0.4 is 10.6 Å². The Morgan fingerprint density at radius 3 is 2.14 bits per heavy atom. The summed E-state index contributed by atoms with van der Waals surface area (Å²) in [6.45, 7) is 1.40. The number of thiazole rings is 1. The van der Waals surface area contributed by atoms with Crippen molar-refractivity contribution in [3.05, 3.63) is 40.3 Å². The molecular formula is C13H11N3O4S. The molecule has 1 aromatic heterocycles. The Labute approximate surface area is 123 Å². The molecule has 0 bridgehead atoms. The average molecular weight is 305 g/mol. The highest BCUT2D eigenvalue weighted by atomic mass is 32.1. The van der Waals surface area contributed by atoms with Gasteiger partial charge in [-0.1, -0.05) is 0 Å². The van der Waals surface area contributed by atoms with Gasteiger partial charge in [0.1, 0.15) is 0 Å². The molecule has 2 amide bonds. The van der Waals surface area contributed by atoms with Crippen molar-refractivity contribution in [3.8, 4) is 0 Å². The van der Waals surface area contributed by atoms with Crippen LogP contribution in [0.1, 0.15) is 27.2 Å². The summed E-state index contributed by atoms with van der Waals surface area (Å²) in [5, 5.41) is 15.3. The summed E-state index contributed by atoms with van der Waals surface area (Å²) in [5.74, 6) is -1.85. The predicted octanol–water partition coefficient (Wildman–Crippen LogP) is 2.05. The molecule has 0 unspecified atom stereocenters. The summed E-state index contributed by atoms with van der Waals surface area (Å²) in [6.07, 6.45) is 0. The molecule has 0 aliphatic rings. The van der Waals surface area contributed by atoms with Crippen LogP contribution in [-0.2, 0) is 4.79 Å². The molecule has 0 radical (unpaired) electrons. The highest BCUT2D eigenvalue weighted by molar-refractivity contribution is 7.12. The van der Waals surface area contributed by atoms with Gasteiger partial charge < -0.3 is 15.7 Å². The smallest absolute Gasteiger partial charge is 0.355 e. The lowest BCUT2D eigenvalue weighted by Gasteiger charge is -2.05. The third kappa shape index (κ3) is 3.86. The Kier molecular flexibility index (Phi) is 4.29. The minimum absolute atomic E-state index is 0.0679. The zero-order valence-corrected chi connectivity index (χ0v) is 11.7. The number of aromatic carboxylic acids is 1. The number of carboxylic acid groups (broad SMARTS) is 1. The SMILES string of the molecule is CC(=O)Nc1ccc(NC(=O)c2nc(C(=O)O)cs2)cc1. The lowest BCUT2D eigenvalue weighted by Crippen LogP contribution is -2.12. The molecule has 21 heavy (non-hydrogen) atoms. The monoisotopic (exact) mass is 305 g/mol. The van der Waals surface area contributed by atoms with E-state index in [0.717, 1.165) is 11.3 Å². The van der Waals surface area contributed by atoms with E-state index in [-0.39, 0.29) is 16.6 Å². The third-order valence-electron chi connectivity index (χ3n) is 2.38. The second kappa shape index (κ2) is 6.14. The Hall–Kier alpha value is -2.74.